The molecule has 4 aromatic carbocycles. The number of rotatable bonds is 9. The van der Waals surface area contributed by atoms with Crippen molar-refractivity contribution in [3.05, 3.63) is 119 Å². The van der Waals surface area contributed by atoms with E-state index in [-0.39, 0.29) is 0 Å². The summed E-state index contributed by atoms with van der Waals surface area (Å²) in [4.78, 5) is 2.31. The van der Waals surface area contributed by atoms with Crippen LogP contribution in [0.3, 0.4) is 0 Å². The lowest BCUT2D eigenvalue weighted by atomic mass is 10.00. The predicted octanol–water partition coefficient (Wildman–Crippen LogP) is 7.83. The van der Waals surface area contributed by atoms with E-state index in [0.717, 1.165) is 25.1 Å². The molecule has 4 aromatic rings. The van der Waals surface area contributed by atoms with E-state index in [4.69, 9.17) is 4.74 Å². The standard InChI is InChI=1S/C31H33NO/c1-4-9-25-14-17-30(18-15-25)33-23-27-12-8-13-28(21-27)29-16-19-31(24(2)20-29)32(3)22-26-10-6-5-7-11-26/h5-8,10-21H,4,9,22-23H2,1-3H3. The molecule has 2 heteroatoms. The minimum Gasteiger partial charge on any atom is -0.489 e. The molecule has 0 aliphatic carbocycles. The van der Waals surface area contributed by atoms with Crippen molar-refractivity contribution < 1.29 is 4.74 Å². The molecule has 0 spiro atoms. The maximum Gasteiger partial charge on any atom is 0.119 e. The first-order valence-corrected chi connectivity index (χ1v) is 11.8. The number of hydrogen-bond donors (Lipinski definition) is 0. The molecule has 0 saturated heterocycles. The van der Waals surface area contributed by atoms with Gasteiger partial charge in [0.1, 0.15) is 12.4 Å². The Kier molecular flexibility index (Phi) is 7.47. The predicted molar refractivity (Wildman–Crippen MR) is 140 cm³/mol. The van der Waals surface area contributed by atoms with Crippen LogP contribution in [0.15, 0.2) is 97.1 Å². The van der Waals surface area contributed by atoms with Gasteiger partial charge in [0, 0.05) is 19.3 Å². The van der Waals surface area contributed by atoms with Gasteiger partial charge >= 0.3 is 0 Å². The smallest absolute Gasteiger partial charge is 0.119 e. The molecule has 0 aliphatic rings. The topological polar surface area (TPSA) is 12.5 Å². The molecule has 0 aliphatic heterocycles. The van der Waals surface area contributed by atoms with Gasteiger partial charge in [0.15, 0.2) is 0 Å². The third-order valence-corrected chi connectivity index (χ3v) is 6.00. The Morgan fingerprint density at radius 1 is 0.697 bits per heavy atom. The number of hydrogen-bond acceptors (Lipinski definition) is 2. The summed E-state index contributed by atoms with van der Waals surface area (Å²) in [5.41, 5.74) is 8.84. The minimum absolute atomic E-state index is 0.567. The van der Waals surface area contributed by atoms with Gasteiger partial charge in [0.2, 0.25) is 0 Å². The Bertz CT molecular complexity index is 1170. The lowest BCUT2D eigenvalue weighted by Crippen LogP contribution is -2.17. The zero-order chi connectivity index (χ0) is 23.0. The summed E-state index contributed by atoms with van der Waals surface area (Å²) in [5, 5.41) is 0. The average Bonchev–Trinajstić information content (AvgIpc) is 2.84. The number of ether oxygens (including phenoxy) is 1. The second-order valence-electron chi connectivity index (χ2n) is 8.73. The highest BCUT2D eigenvalue weighted by atomic mass is 16.5. The zero-order valence-electron chi connectivity index (χ0n) is 19.9. The summed E-state index contributed by atoms with van der Waals surface area (Å²) >= 11 is 0. The van der Waals surface area contributed by atoms with Crippen molar-refractivity contribution in [1.82, 2.24) is 0 Å². The summed E-state index contributed by atoms with van der Waals surface area (Å²) in [6, 6.07) is 34.4. The van der Waals surface area contributed by atoms with Crippen LogP contribution in [0.4, 0.5) is 5.69 Å². The van der Waals surface area contributed by atoms with Crippen LogP contribution in [0.25, 0.3) is 11.1 Å². The summed E-state index contributed by atoms with van der Waals surface area (Å²) in [5.74, 6) is 0.918. The Morgan fingerprint density at radius 3 is 2.15 bits per heavy atom. The molecule has 0 aromatic heterocycles. The molecule has 0 bridgehead atoms. The van der Waals surface area contributed by atoms with Gasteiger partial charge in [0.25, 0.3) is 0 Å². The van der Waals surface area contributed by atoms with Crippen LogP contribution in [0.1, 0.15) is 35.6 Å². The molecule has 33 heavy (non-hydrogen) atoms. The van der Waals surface area contributed by atoms with Gasteiger partial charge in [-0.15, -0.1) is 0 Å². The average molecular weight is 436 g/mol. The first kappa shape index (κ1) is 22.7. The summed E-state index contributed by atoms with van der Waals surface area (Å²) in [7, 11) is 2.15. The number of benzene rings is 4. The van der Waals surface area contributed by atoms with Gasteiger partial charge < -0.3 is 9.64 Å². The molecule has 4 rings (SSSR count). The lowest BCUT2D eigenvalue weighted by molar-refractivity contribution is 0.306. The quantitative estimate of drug-likeness (QED) is 0.266. The van der Waals surface area contributed by atoms with E-state index < -0.39 is 0 Å². The van der Waals surface area contributed by atoms with Gasteiger partial charge in [-0.1, -0.05) is 80.1 Å². The number of aryl methyl sites for hydroxylation is 2. The fourth-order valence-electron chi connectivity index (χ4n) is 4.25. The molecule has 0 amide bonds. The normalized spacial score (nSPS) is 10.8. The summed E-state index contributed by atoms with van der Waals surface area (Å²) in [6.07, 6.45) is 2.28. The molecule has 0 saturated carbocycles. The third-order valence-electron chi connectivity index (χ3n) is 6.00. The van der Waals surface area contributed by atoms with E-state index in [1.807, 2.05) is 0 Å². The second kappa shape index (κ2) is 10.9. The molecular weight excluding hydrogens is 402 g/mol. The highest BCUT2D eigenvalue weighted by Gasteiger charge is 2.08. The van der Waals surface area contributed by atoms with E-state index in [1.165, 1.54) is 39.1 Å². The van der Waals surface area contributed by atoms with Crippen molar-refractivity contribution in [2.45, 2.75) is 39.8 Å². The monoisotopic (exact) mass is 435 g/mol. The zero-order valence-corrected chi connectivity index (χ0v) is 19.9. The van der Waals surface area contributed by atoms with E-state index in [2.05, 4.69) is 123 Å². The fourth-order valence-corrected chi connectivity index (χ4v) is 4.25. The van der Waals surface area contributed by atoms with Crippen molar-refractivity contribution in [1.29, 1.82) is 0 Å². The maximum atomic E-state index is 6.04. The SMILES string of the molecule is CCCc1ccc(OCc2cccc(-c3ccc(N(C)Cc4ccccc4)c(C)c3)c2)cc1. The molecule has 0 radical (unpaired) electrons. The van der Waals surface area contributed by atoms with Crippen molar-refractivity contribution >= 4 is 5.69 Å². The Labute approximate surface area is 198 Å². The van der Waals surface area contributed by atoms with Crippen LogP contribution in [0, 0.1) is 6.92 Å². The highest BCUT2D eigenvalue weighted by molar-refractivity contribution is 5.69. The first-order valence-electron chi connectivity index (χ1n) is 11.8. The molecule has 0 unspecified atom stereocenters. The van der Waals surface area contributed by atoms with Gasteiger partial charge in [-0.05, 0) is 77.1 Å². The van der Waals surface area contributed by atoms with Crippen LogP contribution in [-0.2, 0) is 19.6 Å². The maximum absolute atomic E-state index is 6.04. The van der Waals surface area contributed by atoms with Gasteiger partial charge in [0.05, 0.1) is 0 Å². The molecule has 0 atom stereocenters. The van der Waals surface area contributed by atoms with Crippen LogP contribution in [0.5, 0.6) is 5.75 Å². The van der Waals surface area contributed by atoms with Crippen molar-refractivity contribution in [3.63, 3.8) is 0 Å². The molecule has 0 fully saturated rings. The second-order valence-corrected chi connectivity index (χ2v) is 8.73. The summed E-state index contributed by atoms with van der Waals surface area (Å²) in [6.45, 7) is 5.86. The third kappa shape index (κ3) is 6.04. The molecule has 168 valence electrons. The van der Waals surface area contributed by atoms with Crippen LogP contribution < -0.4 is 9.64 Å². The van der Waals surface area contributed by atoms with Gasteiger partial charge in [-0.2, -0.15) is 0 Å². The molecule has 0 heterocycles. The van der Waals surface area contributed by atoms with E-state index in [1.54, 1.807) is 0 Å². The fraction of sp³-hybridized carbons (Fsp3) is 0.226. The van der Waals surface area contributed by atoms with E-state index in [0.29, 0.717) is 6.61 Å². The lowest BCUT2D eigenvalue weighted by Gasteiger charge is -2.22. The van der Waals surface area contributed by atoms with Crippen molar-refractivity contribution in [3.8, 4) is 16.9 Å². The van der Waals surface area contributed by atoms with Crippen LogP contribution >= 0.6 is 0 Å². The Balaban J connectivity index is 1.43. The molecule has 2 nitrogen and oxygen atoms in total. The van der Waals surface area contributed by atoms with Gasteiger partial charge in [-0.3, -0.25) is 0 Å². The van der Waals surface area contributed by atoms with Crippen LogP contribution in [-0.4, -0.2) is 7.05 Å². The van der Waals surface area contributed by atoms with Crippen molar-refractivity contribution in [2.75, 3.05) is 11.9 Å². The largest absolute Gasteiger partial charge is 0.489 e. The number of nitrogens with zero attached hydrogens (tertiary/aromatic N) is 1. The first-order chi connectivity index (χ1) is 16.1. The van der Waals surface area contributed by atoms with Gasteiger partial charge in [-0.25, -0.2) is 0 Å². The Morgan fingerprint density at radius 2 is 1.42 bits per heavy atom. The summed E-state index contributed by atoms with van der Waals surface area (Å²) < 4.78 is 6.04. The van der Waals surface area contributed by atoms with E-state index >= 15 is 0 Å². The molecule has 0 N–H and O–H groups in total. The Hall–Kier alpha value is -3.52. The number of anilines is 1. The molecular formula is C31H33NO. The van der Waals surface area contributed by atoms with Crippen molar-refractivity contribution in [2.24, 2.45) is 0 Å². The van der Waals surface area contributed by atoms with E-state index in [9.17, 15) is 0 Å². The van der Waals surface area contributed by atoms with Crippen LogP contribution in [0.2, 0.25) is 0 Å². The highest BCUT2D eigenvalue weighted by Crippen LogP contribution is 2.28. The minimum atomic E-state index is 0.567.